The fourth-order valence-corrected chi connectivity index (χ4v) is 2.97. The highest BCUT2D eigenvalue weighted by Crippen LogP contribution is 2.34. The first-order chi connectivity index (χ1) is 13.0. The highest BCUT2D eigenvalue weighted by molar-refractivity contribution is 6.07. The Bertz CT molecular complexity index is 1180. The van der Waals surface area contributed by atoms with Gasteiger partial charge in [-0.2, -0.15) is 0 Å². The van der Waals surface area contributed by atoms with Gasteiger partial charge in [0.25, 0.3) is 0 Å². The Morgan fingerprint density at radius 3 is 2.74 bits per heavy atom. The summed E-state index contributed by atoms with van der Waals surface area (Å²) in [4.78, 5) is 23.0. The number of nitrogen functional groups attached to an aromatic ring is 1. The fourth-order valence-electron chi connectivity index (χ4n) is 2.97. The Morgan fingerprint density at radius 1 is 1.26 bits per heavy atom. The molecular weight excluding hydrogens is 351 g/mol. The number of rotatable bonds is 3. The second-order valence-corrected chi connectivity index (χ2v) is 5.93. The van der Waals surface area contributed by atoms with Gasteiger partial charge >= 0.3 is 5.97 Å². The Morgan fingerprint density at radius 2 is 2.04 bits per heavy atom. The molecule has 4 aromatic rings. The zero-order valence-corrected chi connectivity index (χ0v) is 14.5. The van der Waals surface area contributed by atoms with Gasteiger partial charge in [-0.15, -0.1) is 0 Å². The smallest absolute Gasteiger partial charge is 0.340 e. The van der Waals surface area contributed by atoms with Gasteiger partial charge in [0.2, 0.25) is 0 Å². The summed E-state index contributed by atoms with van der Waals surface area (Å²) in [6.45, 7) is 1.69. The molecule has 0 aliphatic rings. The SMILES string of the molecule is COC(=O)c1cnc(N)c2[nH]c(-c3cccc(-c4cnc(C)o4)c3F)cc12. The first kappa shape index (κ1) is 16.8. The number of ether oxygens (including phenoxy) is 1. The lowest BCUT2D eigenvalue weighted by molar-refractivity contribution is 0.0602. The number of nitrogens with zero attached hydrogens (tertiary/aromatic N) is 2. The van der Waals surface area contributed by atoms with Crippen LogP contribution in [0.25, 0.3) is 33.5 Å². The van der Waals surface area contributed by atoms with E-state index in [1.165, 1.54) is 19.5 Å². The molecule has 3 heterocycles. The van der Waals surface area contributed by atoms with Gasteiger partial charge in [-0.1, -0.05) is 6.07 Å². The molecule has 3 aromatic heterocycles. The average molecular weight is 366 g/mol. The summed E-state index contributed by atoms with van der Waals surface area (Å²) >= 11 is 0. The fraction of sp³-hybridized carbons (Fsp3) is 0.105. The third-order valence-electron chi connectivity index (χ3n) is 4.28. The van der Waals surface area contributed by atoms with Gasteiger partial charge in [0.1, 0.15) is 11.6 Å². The van der Waals surface area contributed by atoms with Crippen LogP contribution in [0.3, 0.4) is 0 Å². The van der Waals surface area contributed by atoms with Crippen molar-refractivity contribution in [1.82, 2.24) is 15.0 Å². The lowest BCUT2D eigenvalue weighted by Gasteiger charge is -2.05. The number of fused-ring (bicyclic) bond motifs is 1. The van der Waals surface area contributed by atoms with Crippen molar-refractivity contribution < 1.29 is 18.3 Å². The van der Waals surface area contributed by atoms with E-state index < -0.39 is 11.8 Å². The van der Waals surface area contributed by atoms with Crippen LogP contribution in [0, 0.1) is 12.7 Å². The van der Waals surface area contributed by atoms with E-state index >= 15 is 4.39 Å². The molecule has 136 valence electrons. The standard InChI is InChI=1S/C19H15FN4O3/c1-9-22-8-15(27-9)11-5-3-4-10(16(11)20)14-6-12-13(19(25)26-2)7-23-18(21)17(12)24-14/h3-8,24H,1-2H3,(H2,21,23). The predicted octanol–water partition coefficient (Wildman–Crippen LogP) is 3.70. The molecule has 3 N–H and O–H groups in total. The summed E-state index contributed by atoms with van der Waals surface area (Å²) < 4.78 is 25.4. The van der Waals surface area contributed by atoms with Crippen LogP contribution in [-0.2, 0) is 4.74 Å². The molecule has 4 rings (SSSR count). The van der Waals surface area contributed by atoms with Gasteiger partial charge in [-0.25, -0.2) is 19.2 Å². The zero-order valence-electron chi connectivity index (χ0n) is 14.5. The molecule has 27 heavy (non-hydrogen) atoms. The number of H-pyrrole nitrogens is 1. The van der Waals surface area contributed by atoms with Crippen molar-refractivity contribution in [3.05, 3.63) is 53.9 Å². The van der Waals surface area contributed by atoms with Crippen LogP contribution in [0.15, 0.2) is 41.1 Å². The number of oxazole rings is 1. The van der Waals surface area contributed by atoms with Gasteiger partial charge in [0.05, 0.1) is 30.0 Å². The first-order valence-electron chi connectivity index (χ1n) is 8.06. The molecule has 0 amide bonds. The van der Waals surface area contributed by atoms with Gasteiger partial charge in [0.15, 0.2) is 11.7 Å². The van der Waals surface area contributed by atoms with Crippen molar-refractivity contribution in [1.29, 1.82) is 0 Å². The average Bonchev–Trinajstić information content (AvgIpc) is 3.29. The molecule has 0 fully saturated rings. The number of halogens is 1. The second kappa shape index (κ2) is 6.24. The Hall–Kier alpha value is -3.68. The van der Waals surface area contributed by atoms with Crippen LogP contribution in [-0.4, -0.2) is 28.0 Å². The van der Waals surface area contributed by atoms with E-state index in [4.69, 9.17) is 14.9 Å². The molecule has 0 aliphatic heterocycles. The van der Waals surface area contributed by atoms with E-state index in [9.17, 15) is 4.79 Å². The molecule has 0 radical (unpaired) electrons. The van der Waals surface area contributed by atoms with Crippen molar-refractivity contribution in [3.63, 3.8) is 0 Å². The minimum Gasteiger partial charge on any atom is -0.465 e. The number of esters is 1. The molecule has 0 saturated heterocycles. The lowest BCUT2D eigenvalue weighted by atomic mass is 10.0. The largest absolute Gasteiger partial charge is 0.465 e. The zero-order chi connectivity index (χ0) is 19.1. The molecule has 8 heteroatoms. The summed E-state index contributed by atoms with van der Waals surface area (Å²) in [6.07, 6.45) is 2.81. The molecule has 1 aromatic carbocycles. The van der Waals surface area contributed by atoms with E-state index in [1.807, 2.05) is 0 Å². The molecule has 0 spiro atoms. The monoisotopic (exact) mass is 366 g/mol. The first-order valence-corrected chi connectivity index (χ1v) is 8.06. The highest BCUT2D eigenvalue weighted by Gasteiger charge is 2.19. The molecule has 7 nitrogen and oxygen atoms in total. The number of carbonyl (C=O) groups excluding carboxylic acids is 1. The lowest BCUT2D eigenvalue weighted by Crippen LogP contribution is -2.03. The summed E-state index contributed by atoms with van der Waals surface area (Å²) in [5.41, 5.74) is 7.62. The second-order valence-electron chi connectivity index (χ2n) is 5.93. The van der Waals surface area contributed by atoms with Crippen LogP contribution in [0.5, 0.6) is 0 Å². The van der Waals surface area contributed by atoms with Crippen molar-refractivity contribution >= 4 is 22.7 Å². The molecule has 0 bridgehead atoms. The Labute approximate surface area is 153 Å². The molecular formula is C19H15FN4O3. The normalized spacial score (nSPS) is 11.1. The van der Waals surface area contributed by atoms with E-state index in [0.717, 1.165) is 0 Å². The van der Waals surface area contributed by atoms with Gasteiger partial charge in [-0.05, 0) is 18.2 Å². The summed E-state index contributed by atoms with van der Waals surface area (Å²) in [7, 11) is 1.28. The van der Waals surface area contributed by atoms with Crippen LogP contribution in [0.2, 0.25) is 0 Å². The van der Waals surface area contributed by atoms with Gasteiger partial charge in [-0.3, -0.25) is 0 Å². The maximum Gasteiger partial charge on any atom is 0.340 e. The number of anilines is 1. The van der Waals surface area contributed by atoms with E-state index in [1.54, 1.807) is 31.2 Å². The summed E-state index contributed by atoms with van der Waals surface area (Å²) in [5, 5.41) is 0.504. The summed E-state index contributed by atoms with van der Waals surface area (Å²) in [5.74, 6) is -0.0523. The molecule has 0 aliphatic carbocycles. The number of nitrogens with one attached hydrogen (secondary N) is 1. The number of hydrogen-bond acceptors (Lipinski definition) is 6. The van der Waals surface area contributed by atoms with Crippen molar-refractivity contribution in [3.8, 4) is 22.6 Å². The van der Waals surface area contributed by atoms with Crippen LogP contribution < -0.4 is 5.73 Å². The van der Waals surface area contributed by atoms with Gasteiger partial charge < -0.3 is 19.9 Å². The highest BCUT2D eigenvalue weighted by atomic mass is 19.1. The third kappa shape index (κ3) is 2.71. The minimum atomic E-state index is -0.551. The number of aromatic amines is 1. The Balaban J connectivity index is 1.91. The third-order valence-corrected chi connectivity index (χ3v) is 4.28. The van der Waals surface area contributed by atoms with E-state index in [0.29, 0.717) is 33.8 Å². The number of pyridine rings is 1. The number of methoxy groups -OCH3 is 1. The maximum absolute atomic E-state index is 15.2. The van der Waals surface area contributed by atoms with Crippen molar-refractivity contribution in [2.45, 2.75) is 6.92 Å². The molecule has 0 unspecified atom stereocenters. The van der Waals surface area contributed by atoms with E-state index in [2.05, 4.69) is 15.0 Å². The molecule has 0 saturated carbocycles. The van der Waals surface area contributed by atoms with Crippen LogP contribution in [0.4, 0.5) is 10.2 Å². The number of carbonyl (C=O) groups is 1. The predicted molar refractivity (Wildman–Crippen MR) is 97.5 cm³/mol. The number of benzene rings is 1. The van der Waals surface area contributed by atoms with Crippen LogP contribution in [0.1, 0.15) is 16.2 Å². The maximum atomic E-state index is 15.2. The van der Waals surface area contributed by atoms with E-state index in [-0.39, 0.29) is 16.9 Å². The minimum absolute atomic E-state index is 0.200. The number of hydrogen-bond donors (Lipinski definition) is 2. The number of aryl methyl sites for hydroxylation is 1. The quantitative estimate of drug-likeness (QED) is 0.535. The molecule has 0 atom stereocenters. The number of aromatic nitrogens is 3. The van der Waals surface area contributed by atoms with Crippen molar-refractivity contribution in [2.24, 2.45) is 0 Å². The Kier molecular flexibility index (Phi) is 3.88. The topological polar surface area (TPSA) is 107 Å². The number of nitrogens with two attached hydrogens (primary N) is 1. The van der Waals surface area contributed by atoms with Gasteiger partial charge in [0, 0.05) is 29.8 Å². The summed E-state index contributed by atoms with van der Waals surface area (Å²) in [6, 6.07) is 6.58. The van der Waals surface area contributed by atoms with Crippen molar-refractivity contribution in [2.75, 3.05) is 12.8 Å². The van der Waals surface area contributed by atoms with Crippen LogP contribution >= 0.6 is 0 Å².